The lowest BCUT2D eigenvalue weighted by Crippen LogP contribution is -2.27. The maximum absolute atomic E-state index is 11.3. The van der Waals surface area contributed by atoms with E-state index in [0.29, 0.717) is 0 Å². The van der Waals surface area contributed by atoms with Crippen LogP contribution in [0.2, 0.25) is 5.02 Å². The second kappa shape index (κ2) is 3.04. The summed E-state index contributed by atoms with van der Waals surface area (Å²) in [5.74, 6) is 0.140. The molecule has 68 valence electrons. The van der Waals surface area contributed by atoms with Gasteiger partial charge in [-0.15, -0.1) is 0 Å². The number of nitrogens with one attached hydrogen (secondary N) is 1. The first-order chi connectivity index (χ1) is 6.16. The van der Waals surface area contributed by atoms with Crippen LogP contribution in [0.1, 0.15) is 12.5 Å². The number of carbonyl (C=O) groups is 1. The molecule has 0 aliphatic carbocycles. The highest BCUT2D eigenvalue weighted by molar-refractivity contribution is 6.30. The largest absolute Gasteiger partial charge is 0.326 e. The van der Waals surface area contributed by atoms with Crippen molar-refractivity contribution >= 4 is 23.2 Å². The first kappa shape index (κ1) is 8.57. The molecule has 1 aromatic rings. The summed E-state index contributed by atoms with van der Waals surface area (Å²) in [7, 11) is 0. The van der Waals surface area contributed by atoms with E-state index in [9.17, 15) is 4.79 Å². The maximum atomic E-state index is 11.3. The highest BCUT2D eigenvalue weighted by atomic mass is 35.5. The van der Waals surface area contributed by atoms with E-state index < -0.39 is 0 Å². The van der Waals surface area contributed by atoms with E-state index in [-0.39, 0.29) is 11.8 Å². The van der Waals surface area contributed by atoms with Gasteiger partial charge in [-0.2, -0.15) is 0 Å². The summed E-state index contributed by atoms with van der Waals surface area (Å²) >= 11 is 5.85. The van der Waals surface area contributed by atoms with Crippen molar-refractivity contribution in [3.8, 4) is 0 Å². The van der Waals surface area contributed by atoms with Crippen LogP contribution in [-0.4, -0.2) is 5.91 Å². The smallest absolute Gasteiger partial charge is 0.227 e. The topological polar surface area (TPSA) is 29.1 Å². The number of rotatable bonds is 0. The average Bonchev–Trinajstić information content (AvgIpc) is 2.08. The fraction of sp³-hybridized carbons (Fsp3) is 0.300. The molecule has 13 heavy (non-hydrogen) atoms. The Balaban J connectivity index is 2.42. The molecule has 0 radical (unpaired) electrons. The quantitative estimate of drug-likeness (QED) is 0.677. The van der Waals surface area contributed by atoms with E-state index >= 15 is 0 Å². The van der Waals surface area contributed by atoms with Gasteiger partial charge in [0.2, 0.25) is 5.91 Å². The van der Waals surface area contributed by atoms with Gasteiger partial charge in [0.25, 0.3) is 0 Å². The first-order valence-electron chi connectivity index (χ1n) is 4.26. The summed E-state index contributed by atoms with van der Waals surface area (Å²) in [6.07, 6.45) is 0.779. The van der Waals surface area contributed by atoms with Gasteiger partial charge >= 0.3 is 0 Å². The lowest BCUT2D eigenvalue weighted by atomic mass is 9.95. The minimum atomic E-state index is 0.0472. The lowest BCUT2D eigenvalue weighted by molar-refractivity contribution is -0.119. The zero-order valence-corrected chi connectivity index (χ0v) is 8.06. The molecule has 2 nitrogen and oxygen atoms in total. The molecule has 1 amide bonds. The normalized spacial score (nSPS) is 20.8. The van der Waals surface area contributed by atoms with Crippen molar-refractivity contribution in [3.05, 3.63) is 28.8 Å². The van der Waals surface area contributed by atoms with Gasteiger partial charge < -0.3 is 5.32 Å². The summed E-state index contributed by atoms with van der Waals surface area (Å²) in [6.45, 7) is 1.92. The van der Waals surface area contributed by atoms with Gasteiger partial charge in [0.05, 0.1) is 0 Å². The van der Waals surface area contributed by atoms with E-state index in [4.69, 9.17) is 11.6 Å². The Morgan fingerprint density at radius 2 is 2.31 bits per heavy atom. The van der Waals surface area contributed by atoms with Gasteiger partial charge in [-0.25, -0.2) is 0 Å². The molecule has 1 heterocycles. The number of hydrogen-bond donors (Lipinski definition) is 1. The molecular formula is C10H10ClNO. The molecule has 0 bridgehead atoms. The van der Waals surface area contributed by atoms with Crippen LogP contribution in [0.25, 0.3) is 0 Å². The third-order valence-electron chi connectivity index (χ3n) is 2.30. The summed E-state index contributed by atoms with van der Waals surface area (Å²) in [6, 6.07) is 5.55. The molecule has 1 N–H and O–H groups in total. The van der Waals surface area contributed by atoms with Crippen molar-refractivity contribution in [3.63, 3.8) is 0 Å². The molecule has 0 saturated heterocycles. The second-order valence-electron chi connectivity index (χ2n) is 3.40. The minimum Gasteiger partial charge on any atom is -0.326 e. The molecule has 1 aliphatic rings. The Kier molecular flexibility index (Phi) is 2.00. The summed E-state index contributed by atoms with van der Waals surface area (Å²) in [5.41, 5.74) is 2.02. The van der Waals surface area contributed by atoms with Crippen molar-refractivity contribution in [1.29, 1.82) is 0 Å². The molecule has 0 saturated carbocycles. The second-order valence-corrected chi connectivity index (χ2v) is 3.83. The van der Waals surface area contributed by atoms with Crippen LogP contribution >= 0.6 is 11.6 Å². The molecule has 0 aromatic heterocycles. The van der Waals surface area contributed by atoms with Gasteiger partial charge in [0, 0.05) is 16.6 Å². The standard InChI is InChI=1S/C10H10ClNO/c1-6-4-7-5-8(11)2-3-9(7)12-10(6)13/h2-3,5-6H,4H2,1H3,(H,12,13). The van der Waals surface area contributed by atoms with Crippen molar-refractivity contribution in [2.75, 3.05) is 5.32 Å². The SMILES string of the molecule is CC1Cc2cc(Cl)ccc2NC1=O. The van der Waals surface area contributed by atoms with Crippen molar-refractivity contribution in [2.24, 2.45) is 5.92 Å². The Hall–Kier alpha value is -1.02. The van der Waals surface area contributed by atoms with Gasteiger partial charge in [0.15, 0.2) is 0 Å². The molecule has 3 heteroatoms. The third kappa shape index (κ3) is 1.54. The van der Waals surface area contributed by atoms with E-state index in [1.807, 2.05) is 19.1 Å². The van der Waals surface area contributed by atoms with Crippen LogP contribution < -0.4 is 5.32 Å². The summed E-state index contributed by atoms with van der Waals surface area (Å²) in [5, 5.41) is 3.56. The number of carbonyl (C=O) groups excluding carboxylic acids is 1. The maximum Gasteiger partial charge on any atom is 0.227 e. The third-order valence-corrected chi connectivity index (χ3v) is 2.53. The number of halogens is 1. The number of benzene rings is 1. The van der Waals surface area contributed by atoms with Crippen LogP contribution in [0.3, 0.4) is 0 Å². The van der Waals surface area contributed by atoms with Crippen LogP contribution in [-0.2, 0) is 11.2 Å². The molecule has 1 atom stereocenters. The first-order valence-corrected chi connectivity index (χ1v) is 4.64. The number of fused-ring (bicyclic) bond motifs is 1. The van der Waals surface area contributed by atoms with Gasteiger partial charge in [-0.3, -0.25) is 4.79 Å². The predicted octanol–water partition coefficient (Wildman–Crippen LogP) is 2.47. The van der Waals surface area contributed by atoms with E-state index in [0.717, 1.165) is 22.7 Å². The van der Waals surface area contributed by atoms with Crippen LogP contribution in [0.5, 0.6) is 0 Å². The Morgan fingerprint density at radius 3 is 3.08 bits per heavy atom. The highest BCUT2D eigenvalue weighted by Gasteiger charge is 2.21. The molecular weight excluding hydrogens is 186 g/mol. The average molecular weight is 196 g/mol. The van der Waals surface area contributed by atoms with Crippen molar-refractivity contribution < 1.29 is 4.79 Å². The zero-order chi connectivity index (χ0) is 9.42. The van der Waals surface area contributed by atoms with Gasteiger partial charge in [-0.1, -0.05) is 18.5 Å². The Bertz CT molecular complexity index is 362. The number of anilines is 1. The molecule has 0 fully saturated rings. The zero-order valence-electron chi connectivity index (χ0n) is 7.30. The number of hydrogen-bond acceptors (Lipinski definition) is 1. The molecule has 1 aromatic carbocycles. The van der Waals surface area contributed by atoms with E-state index in [1.165, 1.54) is 0 Å². The molecule has 1 aliphatic heterocycles. The predicted molar refractivity (Wildman–Crippen MR) is 52.9 cm³/mol. The van der Waals surface area contributed by atoms with Crippen LogP contribution in [0.15, 0.2) is 18.2 Å². The molecule has 1 unspecified atom stereocenters. The van der Waals surface area contributed by atoms with Gasteiger partial charge in [-0.05, 0) is 30.2 Å². The summed E-state index contributed by atoms with van der Waals surface area (Å²) in [4.78, 5) is 11.3. The Morgan fingerprint density at radius 1 is 1.54 bits per heavy atom. The van der Waals surface area contributed by atoms with Crippen LogP contribution in [0, 0.1) is 5.92 Å². The van der Waals surface area contributed by atoms with Crippen molar-refractivity contribution in [1.82, 2.24) is 0 Å². The fourth-order valence-electron chi connectivity index (χ4n) is 1.53. The van der Waals surface area contributed by atoms with E-state index in [2.05, 4.69) is 5.32 Å². The van der Waals surface area contributed by atoms with Crippen LogP contribution in [0.4, 0.5) is 5.69 Å². The Labute approximate surface area is 81.9 Å². The molecule has 2 rings (SSSR count). The van der Waals surface area contributed by atoms with Crippen molar-refractivity contribution in [2.45, 2.75) is 13.3 Å². The summed E-state index contributed by atoms with van der Waals surface area (Å²) < 4.78 is 0. The lowest BCUT2D eigenvalue weighted by Gasteiger charge is -2.21. The van der Waals surface area contributed by atoms with E-state index in [1.54, 1.807) is 6.07 Å². The van der Waals surface area contributed by atoms with Gasteiger partial charge in [0.1, 0.15) is 0 Å². The monoisotopic (exact) mass is 195 g/mol. The minimum absolute atomic E-state index is 0.0472. The fourth-order valence-corrected chi connectivity index (χ4v) is 1.73. The molecule has 0 spiro atoms. The number of amides is 1. The highest BCUT2D eigenvalue weighted by Crippen LogP contribution is 2.27.